The predicted molar refractivity (Wildman–Crippen MR) is 74.7 cm³/mol. The molecule has 1 heterocycles. The number of aromatic nitrogens is 1. The molecule has 0 saturated heterocycles. The molecule has 102 valence electrons. The maximum Gasteiger partial charge on any atom is 0.179 e. The minimum atomic E-state index is -0.245. The van der Waals surface area contributed by atoms with Gasteiger partial charge in [0.1, 0.15) is 0 Å². The van der Waals surface area contributed by atoms with Crippen molar-refractivity contribution in [2.75, 3.05) is 12.5 Å². The van der Waals surface area contributed by atoms with Crippen LogP contribution >= 0.6 is 11.6 Å². The van der Waals surface area contributed by atoms with Crippen molar-refractivity contribution >= 4 is 17.4 Å². The molecule has 18 heavy (non-hydrogen) atoms. The van der Waals surface area contributed by atoms with Crippen LogP contribution in [0.2, 0.25) is 0 Å². The molecule has 0 spiro atoms. The van der Waals surface area contributed by atoms with Gasteiger partial charge in [-0.2, -0.15) is 0 Å². The third-order valence-electron chi connectivity index (χ3n) is 3.07. The van der Waals surface area contributed by atoms with Gasteiger partial charge < -0.3 is 9.30 Å². The van der Waals surface area contributed by atoms with Gasteiger partial charge in [0.25, 0.3) is 0 Å². The van der Waals surface area contributed by atoms with Gasteiger partial charge in [-0.25, -0.2) is 0 Å². The van der Waals surface area contributed by atoms with Crippen molar-refractivity contribution in [1.29, 1.82) is 0 Å². The molecule has 1 rings (SSSR count). The zero-order valence-electron chi connectivity index (χ0n) is 11.8. The first-order valence-corrected chi connectivity index (χ1v) is 6.75. The van der Waals surface area contributed by atoms with Crippen molar-refractivity contribution in [2.24, 2.45) is 0 Å². The Labute approximate surface area is 114 Å². The molecule has 0 aliphatic carbocycles. The highest BCUT2D eigenvalue weighted by atomic mass is 35.5. The van der Waals surface area contributed by atoms with E-state index in [1.165, 1.54) is 0 Å². The smallest absolute Gasteiger partial charge is 0.179 e. The van der Waals surface area contributed by atoms with Gasteiger partial charge in [0.2, 0.25) is 0 Å². The molecule has 0 fully saturated rings. The molecule has 0 atom stereocenters. The normalized spacial score (nSPS) is 11.9. The van der Waals surface area contributed by atoms with Crippen LogP contribution in [0.1, 0.15) is 42.5 Å². The zero-order chi connectivity index (χ0) is 13.9. The summed E-state index contributed by atoms with van der Waals surface area (Å²) >= 11 is 5.62. The summed E-state index contributed by atoms with van der Waals surface area (Å²) in [5.41, 5.74) is 2.50. The van der Waals surface area contributed by atoms with E-state index in [9.17, 15) is 4.79 Å². The maximum absolute atomic E-state index is 11.7. The highest BCUT2D eigenvalue weighted by Gasteiger charge is 2.22. The summed E-state index contributed by atoms with van der Waals surface area (Å²) < 4.78 is 7.83. The molecule has 0 N–H and O–H groups in total. The van der Waals surface area contributed by atoms with Gasteiger partial charge in [-0.15, -0.1) is 11.6 Å². The number of carbonyl (C=O) groups is 1. The lowest BCUT2D eigenvalue weighted by Crippen LogP contribution is -2.31. The van der Waals surface area contributed by atoms with Crippen LogP contribution in [0.3, 0.4) is 0 Å². The van der Waals surface area contributed by atoms with E-state index in [2.05, 4.69) is 18.4 Å². The van der Waals surface area contributed by atoms with E-state index in [4.69, 9.17) is 16.3 Å². The van der Waals surface area contributed by atoms with Crippen LogP contribution in [0.5, 0.6) is 0 Å². The van der Waals surface area contributed by atoms with Crippen molar-refractivity contribution in [2.45, 2.75) is 46.8 Å². The van der Waals surface area contributed by atoms with Crippen molar-refractivity contribution in [3.05, 3.63) is 23.0 Å². The Bertz CT molecular complexity index is 435. The molecule has 0 aromatic carbocycles. The van der Waals surface area contributed by atoms with E-state index in [1.807, 2.05) is 26.8 Å². The number of alkyl halides is 1. The number of carbonyl (C=O) groups excluding carboxylic acids is 1. The van der Waals surface area contributed by atoms with Gasteiger partial charge >= 0.3 is 0 Å². The van der Waals surface area contributed by atoms with Crippen LogP contribution in [0.25, 0.3) is 0 Å². The summed E-state index contributed by atoms with van der Waals surface area (Å²) in [6.07, 6.45) is 0. The standard InChI is InChI=1S/C14H22ClNO2/c1-6-18-14(4,5)9-16-10(2)7-12(11(16)3)13(17)8-15/h7H,6,8-9H2,1-5H3. The number of ketones is 1. The number of nitrogens with zero attached hydrogens (tertiary/aromatic N) is 1. The molecule has 0 saturated carbocycles. The molecule has 1 aromatic heterocycles. The summed E-state index contributed by atoms with van der Waals surface area (Å²) in [6.45, 7) is 11.5. The monoisotopic (exact) mass is 271 g/mol. The Morgan fingerprint density at radius 2 is 2.06 bits per heavy atom. The number of Topliss-reactive ketones (excluding diaryl/α,β-unsaturated/α-hetero) is 1. The van der Waals surface area contributed by atoms with Crippen LogP contribution in [0.15, 0.2) is 6.07 Å². The summed E-state index contributed by atoms with van der Waals surface area (Å²) in [5, 5.41) is 0. The summed E-state index contributed by atoms with van der Waals surface area (Å²) in [7, 11) is 0. The van der Waals surface area contributed by atoms with Crippen molar-refractivity contribution in [1.82, 2.24) is 4.57 Å². The second-order valence-electron chi connectivity index (χ2n) is 5.12. The lowest BCUT2D eigenvalue weighted by molar-refractivity contribution is -0.0230. The number of hydrogen-bond acceptors (Lipinski definition) is 2. The van der Waals surface area contributed by atoms with Gasteiger partial charge in [0, 0.05) is 23.6 Å². The van der Waals surface area contributed by atoms with E-state index in [0.717, 1.165) is 23.5 Å². The van der Waals surface area contributed by atoms with Crippen LogP contribution in [-0.4, -0.2) is 28.4 Å². The largest absolute Gasteiger partial charge is 0.374 e. The molecular formula is C14H22ClNO2. The fraction of sp³-hybridized carbons (Fsp3) is 0.643. The Hall–Kier alpha value is -0.800. The van der Waals surface area contributed by atoms with E-state index < -0.39 is 0 Å². The summed E-state index contributed by atoms with van der Waals surface area (Å²) in [5.74, 6) is 0.00400. The zero-order valence-corrected chi connectivity index (χ0v) is 12.6. The fourth-order valence-corrected chi connectivity index (χ4v) is 2.36. The highest BCUT2D eigenvalue weighted by molar-refractivity contribution is 6.30. The molecule has 0 amide bonds. The molecule has 3 nitrogen and oxygen atoms in total. The highest BCUT2D eigenvalue weighted by Crippen LogP contribution is 2.21. The van der Waals surface area contributed by atoms with E-state index in [1.54, 1.807) is 0 Å². The minimum Gasteiger partial charge on any atom is -0.374 e. The molecule has 1 aromatic rings. The predicted octanol–water partition coefficient (Wildman–Crippen LogP) is 3.34. The molecule has 0 bridgehead atoms. The second kappa shape index (κ2) is 5.89. The number of rotatable bonds is 6. The van der Waals surface area contributed by atoms with E-state index >= 15 is 0 Å². The molecule has 4 heteroatoms. The summed E-state index contributed by atoms with van der Waals surface area (Å²) in [4.78, 5) is 11.7. The number of halogens is 1. The third kappa shape index (κ3) is 3.36. The van der Waals surface area contributed by atoms with Crippen molar-refractivity contribution in [3.8, 4) is 0 Å². The molecule has 0 aliphatic heterocycles. The van der Waals surface area contributed by atoms with Crippen molar-refractivity contribution < 1.29 is 9.53 Å². The maximum atomic E-state index is 11.7. The Balaban J connectivity index is 3.04. The van der Waals surface area contributed by atoms with Crippen LogP contribution in [0, 0.1) is 13.8 Å². The van der Waals surface area contributed by atoms with Gasteiger partial charge in [-0.05, 0) is 40.7 Å². The third-order valence-corrected chi connectivity index (χ3v) is 3.31. The quantitative estimate of drug-likeness (QED) is 0.587. The minimum absolute atomic E-state index is 0.0229. The van der Waals surface area contributed by atoms with E-state index in [0.29, 0.717) is 6.61 Å². The molecule has 0 aliphatic rings. The molecule has 0 radical (unpaired) electrons. The second-order valence-corrected chi connectivity index (χ2v) is 5.39. The van der Waals surface area contributed by atoms with Gasteiger partial charge in [0.05, 0.1) is 18.0 Å². The van der Waals surface area contributed by atoms with Crippen LogP contribution < -0.4 is 0 Å². The fourth-order valence-electron chi connectivity index (χ4n) is 2.22. The average Bonchev–Trinajstić information content (AvgIpc) is 2.55. The average molecular weight is 272 g/mol. The lowest BCUT2D eigenvalue weighted by Gasteiger charge is -2.27. The molecular weight excluding hydrogens is 250 g/mol. The van der Waals surface area contributed by atoms with Crippen LogP contribution in [-0.2, 0) is 11.3 Å². The van der Waals surface area contributed by atoms with Gasteiger partial charge in [-0.3, -0.25) is 4.79 Å². The number of ether oxygens (including phenoxy) is 1. The SMILES string of the molecule is CCOC(C)(C)Cn1c(C)cc(C(=O)CCl)c1C. The van der Waals surface area contributed by atoms with Gasteiger partial charge in [-0.1, -0.05) is 0 Å². The Kier molecular flexibility index (Phi) is 5.00. The van der Waals surface area contributed by atoms with Gasteiger partial charge in [0.15, 0.2) is 5.78 Å². The van der Waals surface area contributed by atoms with Crippen molar-refractivity contribution in [3.63, 3.8) is 0 Å². The van der Waals surface area contributed by atoms with Crippen LogP contribution in [0.4, 0.5) is 0 Å². The summed E-state index contributed by atoms with van der Waals surface area (Å²) in [6, 6.07) is 1.90. The number of hydrogen-bond donors (Lipinski definition) is 0. The first-order chi connectivity index (χ1) is 8.32. The van der Waals surface area contributed by atoms with E-state index in [-0.39, 0.29) is 17.3 Å². The molecule has 0 unspecified atom stereocenters. The Morgan fingerprint density at radius 1 is 1.44 bits per heavy atom. The topological polar surface area (TPSA) is 31.2 Å². The first-order valence-electron chi connectivity index (χ1n) is 6.22. The Morgan fingerprint density at radius 3 is 2.56 bits per heavy atom. The lowest BCUT2D eigenvalue weighted by atomic mass is 10.1. The first kappa shape index (κ1) is 15.3. The number of aryl methyl sites for hydroxylation is 1.